The number of hydrogen-bond donors (Lipinski definition) is 2. The minimum Gasteiger partial charge on any atom is -0.467 e. The summed E-state index contributed by atoms with van der Waals surface area (Å²) < 4.78 is 4.72. The fourth-order valence-corrected chi connectivity index (χ4v) is 2.61. The second-order valence-corrected chi connectivity index (χ2v) is 8.11. The Morgan fingerprint density at radius 1 is 1.07 bits per heavy atom. The van der Waals surface area contributed by atoms with Gasteiger partial charge in [-0.1, -0.05) is 46.8 Å². The summed E-state index contributed by atoms with van der Waals surface area (Å²) in [5.41, 5.74) is 1.73. The van der Waals surface area contributed by atoms with Crippen molar-refractivity contribution in [2.24, 2.45) is 5.92 Å². The van der Waals surface area contributed by atoms with Crippen LogP contribution in [-0.4, -0.2) is 37.5 Å². The maximum Gasteiger partial charge on any atom is 0.328 e. The highest BCUT2D eigenvalue weighted by Gasteiger charge is 2.22. The average molecular weight is 376 g/mol. The van der Waals surface area contributed by atoms with E-state index in [1.165, 1.54) is 7.11 Å². The van der Waals surface area contributed by atoms with E-state index >= 15 is 0 Å². The minimum absolute atomic E-state index is 0.0270. The summed E-state index contributed by atoms with van der Waals surface area (Å²) in [6.07, 6.45) is 0.600. The third-order valence-electron chi connectivity index (χ3n) is 4.18. The van der Waals surface area contributed by atoms with Crippen LogP contribution in [0.4, 0.5) is 0 Å². The molecule has 6 heteroatoms. The van der Waals surface area contributed by atoms with Crippen LogP contribution < -0.4 is 10.6 Å². The monoisotopic (exact) mass is 376 g/mol. The maximum absolute atomic E-state index is 12.2. The number of benzene rings is 1. The van der Waals surface area contributed by atoms with Crippen LogP contribution in [0.2, 0.25) is 0 Å². The quantitative estimate of drug-likeness (QED) is 0.683. The summed E-state index contributed by atoms with van der Waals surface area (Å²) in [6, 6.07) is 6.78. The summed E-state index contributed by atoms with van der Waals surface area (Å²) in [5.74, 6) is -0.741. The SMILES string of the molecule is COC(=O)[C@H](CC(C)C)NC(=O)CCNC(=O)c1ccc(C(C)(C)C)cc1. The van der Waals surface area contributed by atoms with Gasteiger partial charge in [-0.25, -0.2) is 4.79 Å². The molecule has 0 spiro atoms. The second-order valence-electron chi connectivity index (χ2n) is 8.11. The van der Waals surface area contributed by atoms with Crippen LogP contribution in [0.25, 0.3) is 0 Å². The van der Waals surface area contributed by atoms with Crippen molar-refractivity contribution in [3.8, 4) is 0 Å². The molecule has 0 fully saturated rings. The Bertz CT molecular complexity index is 645. The molecule has 2 N–H and O–H groups in total. The van der Waals surface area contributed by atoms with Crippen LogP contribution in [0, 0.1) is 5.92 Å². The van der Waals surface area contributed by atoms with Gasteiger partial charge in [0.25, 0.3) is 5.91 Å². The molecule has 0 unspecified atom stereocenters. The molecule has 150 valence electrons. The minimum atomic E-state index is -0.664. The van der Waals surface area contributed by atoms with Crippen LogP contribution in [0.1, 0.15) is 63.4 Å². The molecular formula is C21H32N2O4. The van der Waals surface area contributed by atoms with Crippen molar-refractivity contribution in [2.45, 2.75) is 58.9 Å². The Morgan fingerprint density at radius 3 is 2.15 bits per heavy atom. The zero-order chi connectivity index (χ0) is 20.6. The van der Waals surface area contributed by atoms with Crippen LogP contribution in [0.15, 0.2) is 24.3 Å². The lowest BCUT2D eigenvalue weighted by atomic mass is 9.87. The molecule has 0 radical (unpaired) electrons. The average Bonchev–Trinajstić information content (AvgIpc) is 2.59. The molecule has 0 saturated carbocycles. The van der Waals surface area contributed by atoms with Gasteiger partial charge < -0.3 is 15.4 Å². The molecule has 0 aliphatic rings. The van der Waals surface area contributed by atoms with Gasteiger partial charge in [-0.3, -0.25) is 9.59 Å². The summed E-state index contributed by atoms with van der Waals surface area (Å²) in [4.78, 5) is 36.0. The van der Waals surface area contributed by atoms with Gasteiger partial charge in [0, 0.05) is 18.5 Å². The summed E-state index contributed by atoms with van der Waals surface area (Å²) >= 11 is 0. The van der Waals surface area contributed by atoms with Gasteiger partial charge in [0.05, 0.1) is 7.11 Å². The number of rotatable bonds is 8. The number of carbonyl (C=O) groups excluding carboxylic acids is 3. The first-order valence-electron chi connectivity index (χ1n) is 9.30. The van der Waals surface area contributed by atoms with E-state index in [0.29, 0.717) is 12.0 Å². The van der Waals surface area contributed by atoms with Crippen molar-refractivity contribution in [1.82, 2.24) is 10.6 Å². The lowest BCUT2D eigenvalue weighted by Gasteiger charge is -2.19. The van der Waals surface area contributed by atoms with Gasteiger partial charge in [0.2, 0.25) is 5.91 Å². The van der Waals surface area contributed by atoms with Gasteiger partial charge in [-0.2, -0.15) is 0 Å². The molecule has 0 aliphatic carbocycles. The van der Waals surface area contributed by atoms with Crippen molar-refractivity contribution in [3.05, 3.63) is 35.4 Å². The normalized spacial score (nSPS) is 12.4. The van der Waals surface area contributed by atoms with E-state index < -0.39 is 12.0 Å². The number of hydrogen-bond acceptors (Lipinski definition) is 4. The Hall–Kier alpha value is -2.37. The fourth-order valence-electron chi connectivity index (χ4n) is 2.61. The fraction of sp³-hybridized carbons (Fsp3) is 0.571. The number of amides is 2. The molecule has 0 aliphatic heterocycles. The topological polar surface area (TPSA) is 84.5 Å². The first kappa shape index (κ1) is 22.7. The van der Waals surface area contributed by atoms with Crippen molar-refractivity contribution < 1.29 is 19.1 Å². The molecule has 2 amide bonds. The number of nitrogens with one attached hydrogen (secondary N) is 2. The molecule has 27 heavy (non-hydrogen) atoms. The molecule has 1 atom stereocenters. The van der Waals surface area contributed by atoms with Gasteiger partial charge in [0.15, 0.2) is 0 Å². The third kappa shape index (κ3) is 7.81. The Balaban J connectivity index is 2.50. The van der Waals surface area contributed by atoms with E-state index in [2.05, 4.69) is 31.4 Å². The maximum atomic E-state index is 12.2. The smallest absolute Gasteiger partial charge is 0.328 e. The molecule has 1 aromatic carbocycles. The van der Waals surface area contributed by atoms with E-state index in [-0.39, 0.29) is 36.1 Å². The van der Waals surface area contributed by atoms with Crippen LogP contribution in [0.3, 0.4) is 0 Å². The highest BCUT2D eigenvalue weighted by atomic mass is 16.5. The highest BCUT2D eigenvalue weighted by Crippen LogP contribution is 2.22. The first-order valence-corrected chi connectivity index (χ1v) is 9.30. The molecule has 1 rings (SSSR count). The molecule has 0 heterocycles. The largest absolute Gasteiger partial charge is 0.467 e. The molecule has 0 aromatic heterocycles. The predicted octanol–water partition coefficient (Wildman–Crippen LogP) is 2.81. The Labute approximate surface area is 162 Å². The molecule has 1 aromatic rings. The van der Waals surface area contributed by atoms with Crippen molar-refractivity contribution in [3.63, 3.8) is 0 Å². The molecule has 0 saturated heterocycles. The van der Waals surface area contributed by atoms with Crippen molar-refractivity contribution in [2.75, 3.05) is 13.7 Å². The zero-order valence-electron chi connectivity index (χ0n) is 17.2. The van der Waals surface area contributed by atoms with E-state index in [9.17, 15) is 14.4 Å². The van der Waals surface area contributed by atoms with Crippen LogP contribution in [0.5, 0.6) is 0 Å². The molecular weight excluding hydrogens is 344 g/mol. The van der Waals surface area contributed by atoms with Crippen molar-refractivity contribution >= 4 is 17.8 Å². The van der Waals surface area contributed by atoms with E-state index in [0.717, 1.165) is 5.56 Å². The van der Waals surface area contributed by atoms with E-state index in [4.69, 9.17) is 4.74 Å². The summed E-state index contributed by atoms with van der Waals surface area (Å²) in [6.45, 7) is 10.5. The Kier molecular flexibility index (Phi) is 8.47. The van der Waals surface area contributed by atoms with Gasteiger partial charge in [-0.15, -0.1) is 0 Å². The Morgan fingerprint density at radius 2 is 1.67 bits per heavy atom. The second kappa shape index (κ2) is 10.1. The van der Waals surface area contributed by atoms with Crippen LogP contribution in [-0.2, 0) is 19.7 Å². The zero-order valence-corrected chi connectivity index (χ0v) is 17.2. The lowest BCUT2D eigenvalue weighted by Crippen LogP contribution is -2.43. The van der Waals surface area contributed by atoms with Crippen molar-refractivity contribution in [1.29, 1.82) is 0 Å². The lowest BCUT2D eigenvalue weighted by molar-refractivity contribution is -0.145. The number of ether oxygens (including phenoxy) is 1. The van der Waals surface area contributed by atoms with E-state index in [1.54, 1.807) is 12.1 Å². The summed E-state index contributed by atoms with van der Waals surface area (Å²) in [5, 5.41) is 5.40. The van der Waals surface area contributed by atoms with Gasteiger partial charge in [-0.05, 0) is 35.4 Å². The number of methoxy groups -OCH3 is 1. The molecule has 6 nitrogen and oxygen atoms in total. The molecule has 0 bridgehead atoms. The standard InChI is InChI=1S/C21H32N2O4/c1-14(2)13-17(20(26)27-6)23-18(24)11-12-22-19(25)15-7-9-16(10-8-15)21(3,4)5/h7-10,14,17H,11-13H2,1-6H3,(H,22,25)(H,23,24)/t17-/m0/s1. The van der Waals surface area contributed by atoms with E-state index in [1.807, 2.05) is 26.0 Å². The summed E-state index contributed by atoms with van der Waals surface area (Å²) in [7, 11) is 1.30. The predicted molar refractivity (Wildman–Crippen MR) is 105 cm³/mol. The first-order chi connectivity index (χ1) is 12.5. The number of carbonyl (C=O) groups is 3. The highest BCUT2D eigenvalue weighted by molar-refractivity contribution is 5.94. The third-order valence-corrected chi connectivity index (χ3v) is 4.18. The van der Waals surface area contributed by atoms with Crippen LogP contribution >= 0.6 is 0 Å². The van der Waals surface area contributed by atoms with Gasteiger partial charge in [0.1, 0.15) is 6.04 Å². The number of esters is 1. The van der Waals surface area contributed by atoms with Gasteiger partial charge >= 0.3 is 5.97 Å².